The average Bonchev–Trinajstić information content (AvgIpc) is 2.67. The number of carbonyl (C=O) groups excluding carboxylic acids is 1. The van der Waals surface area contributed by atoms with Crippen molar-refractivity contribution in [3.63, 3.8) is 0 Å². The zero-order chi connectivity index (χ0) is 17.6. The predicted molar refractivity (Wildman–Crippen MR) is 101 cm³/mol. The van der Waals surface area contributed by atoms with E-state index in [9.17, 15) is 4.79 Å². The van der Waals surface area contributed by atoms with Gasteiger partial charge in [0.25, 0.3) is 5.91 Å². The van der Waals surface area contributed by atoms with Crippen molar-refractivity contribution in [3.8, 4) is 0 Å². The molecule has 0 saturated carbocycles. The van der Waals surface area contributed by atoms with Crippen LogP contribution in [0.5, 0.6) is 0 Å². The van der Waals surface area contributed by atoms with Crippen molar-refractivity contribution in [2.45, 2.75) is 20.4 Å². The second kappa shape index (κ2) is 7.75. The summed E-state index contributed by atoms with van der Waals surface area (Å²) < 4.78 is 0. The van der Waals surface area contributed by atoms with E-state index in [4.69, 9.17) is 0 Å². The molecule has 25 heavy (non-hydrogen) atoms. The van der Waals surface area contributed by atoms with Gasteiger partial charge in [-0.15, -0.1) is 0 Å². The van der Waals surface area contributed by atoms with Gasteiger partial charge in [0, 0.05) is 43.0 Å². The first-order valence-corrected chi connectivity index (χ1v) is 8.55. The van der Waals surface area contributed by atoms with E-state index < -0.39 is 0 Å². The fourth-order valence-corrected chi connectivity index (χ4v) is 2.94. The van der Waals surface area contributed by atoms with Gasteiger partial charge in [0.2, 0.25) is 0 Å². The summed E-state index contributed by atoms with van der Waals surface area (Å²) in [4.78, 5) is 23.6. The van der Waals surface area contributed by atoms with Gasteiger partial charge in [-0.3, -0.25) is 9.78 Å². The van der Waals surface area contributed by atoms with Crippen LogP contribution in [0.25, 0.3) is 10.8 Å². The highest BCUT2D eigenvalue weighted by molar-refractivity contribution is 6.05. The van der Waals surface area contributed by atoms with Gasteiger partial charge in [-0.2, -0.15) is 0 Å². The van der Waals surface area contributed by atoms with Gasteiger partial charge in [-0.05, 0) is 31.4 Å². The quantitative estimate of drug-likeness (QED) is 0.750. The van der Waals surface area contributed by atoms with E-state index in [1.54, 1.807) is 12.4 Å². The minimum Gasteiger partial charge on any atom is -0.357 e. The number of pyridine rings is 2. The Hall–Kier alpha value is -2.95. The predicted octanol–water partition coefficient (Wildman–Crippen LogP) is 3.41. The van der Waals surface area contributed by atoms with Gasteiger partial charge < -0.3 is 10.2 Å². The molecule has 1 aromatic carbocycles. The van der Waals surface area contributed by atoms with Gasteiger partial charge in [-0.1, -0.05) is 30.3 Å². The second-order valence-corrected chi connectivity index (χ2v) is 5.72. The van der Waals surface area contributed by atoms with Gasteiger partial charge >= 0.3 is 0 Å². The van der Waals surface area contributed by atoms with Crippen molar-refractivity contribution in [2.24, 2.45) is 0 Å². The van der Waals surface area contributed by atoms with Crippen LogP contribution in [-0.2, 0) is 6.54 Å². The van der Waals surface area contributed by atoms with Crippen molar-refractivity contribution in [2.75, 3.05) is 18.0 Å². The normalized spacial score (nSPS) is 10.6. The molecule has 0 atom stereocenters. The molecular weight excluding hydrogens is 312 g/mol. The lowest BCUT2D eigenvalue weighted by atomic mass is 10.1. The first kappa shape index (κ1) is 16.9. The van der Waals surface area contributed by atoms with Crippen molar-refractivity contribution >= 4 is 22.5 Å². The van der Waals surface area contributed by atoms with Crippen LogP contribution in [0.2, 0.25) is 0 Å². The van der Waals surface area contributed by atoms with E-state index in [1.165, 1.54) is 0 Å². The van der Waals surface area contributed by atoms with Crippen LogP contribution in [0, 0.1) is 0 Å². The van der Waals surface area contributed by atoms with Gasteiger partial charge in [0.05, 0.1) is 0 Å². The number of fused-ring (bicyclic) bond motifs is 1. The molecule has 3 aromatic rings. The maximum atomic E-state index is 12.6. The van der Waals surface area contributed by atoms with Crippen LogP contribution in [-0.4, -0.2) is 29.0 Å². The topological polar surface area (TPSA) is 58.1 Å². The largest absolute Gasteiger partial charge is 0.357 e. The highest BCUT2D eigenvalue weighted by atomic mass is 16.1. The van der Waals surface area contributed by atoms with E-state index in [2.05, 4.69) is 34.0 Å². The molecule has 2 aromatic heterocycles. The molecule has 0 aliphatic carbocycles. The lowest BCUT2D eigenvalue weighted by Gasteiger charge is -2.22. The molecule has 1 amide bonds. The Morgan fingerprint density at radius 2 is 1.80 bits per heavy atom. The minimum atomic E-state index is -0.175. The number of benzene rings is 1. The maximum Gasteiger partial charge on any atom is 0.270 e. The summed E-state index contributed by atoms with van der Waals surface area (Å²) in [5, 5.41) is 4.85. The molecular formula is C20H22N4O. The third-order valence-electron chi connectivity index (χ3n) is 4.26. The molecule has 2 heterocycles. The molecule has 0 unspecified atom stereocenters. The Bertz CT molecular complexity index is 869. The third kappa shape index (κ3) is 3.60. The molecule has 5 heteroatoms. The van der Waals surface area contributed by atoms with Crippen LogP contribution < -0.4 is 10.2 Å². The standard InChI is InChI=1S/C20H22N4O/c1-3-24(4-2)19-16(9-7-12-22-19)14-23-20(25)18-17-10-6-5-8-15(17)11-13-21-18/h5-13H,3-4,14H2,1-2H3,(H,23,25). The van der Waals surface area contributed by atoms with Crippen LogP contribution >= 0.6 is 0 Å². The van der Waals surface area contributed by atoms with E-state index in [-0.39, 0.29) is 5.91 Å². The van der Waals surface area contributed by atoms with Gasteiger partial charge in [-0.25, -0.2) is 4.98 Å². The van der Waals surface area contributed by atoms with E-state index >= 15 is 0 Å². The van der Waals surface area contributed by atoms with Crippen LogP contribution in [0.15, 0.2) is 54.9 Å². The second-order valence-electron chi connectivity index (χ2n) is 5.72. The highest BCUT2D eigenvalue weighted by Gasteiger charge is 2.14. The summed E-state index contributed by atoms with van der Waals surface area (Å²) >= 11 is 0. The number of amides is 1. The fraction of sp³-hybridized carbons (Fsp3) is 0.250. The molecule has 5 nitrogen and oxygen atoms in total. The summed E-state index contributed by atoms with van der Waals surface area (Å²) in [6.07, 6.45) is 3.45. The first-order valence-electron chi connectivity index (χ1n) is 8.55. The Kier molecular flexibility index (Phi) is 5.23. The average molecular weight is 334 g/mol. The lowest BCUT2D eigenvalue weighted by Crippen LogP contribution is -2.28. The van der Waals surface area contributed by atoms with Gasteiger partial charge in [0.15, 0.2) is 0 Å². The summed E-state index contributed by atoms with van der Waals surface area (Å²) in [5.74, 6) is 0.741. The van der Waals surface area contributed by atoms with E-state index in [1.807, 2.05) is 42.5 Å². The van der Waals surface area contributed by atoms with Crippen LogP contribution in [0.3, 0.4) is 0 Å². The summed E-state index contributed by atoms with van der Waals surface area (Å²) in [5.41, 5.74) is 1.45. The molecule has 0 saturated heterocycles. The Morgan fingerprint density at radius 1 is 1.00 bits per heavy atom. The number of nitrogens with one attached hydrogen (secondary N) is 1. The maximum absolute atomic E-state index is 12.6. The zero-order valence-corrected chi connectivity index (χ0v) is 14.6. The fourth-order valence-electron chi connectivity index (χ4n) is 2.94. The molecule has 0 fully saturated rings. The molecule has 128 valence electrons. The number of carbonyl (C=O) groups is 1. The SMILES string of the molecule is CCN(CC)c1ncccc1CNC(=O)c1nccc2ccccc12. The smallest absolute Gasteiger partial charge is 0.270 e. The first-order chi connectivity index (χ1) is 12.2. The molecule has 0 aliphatic rings. The molecule has 1 N–H and O–H groups in total. The Labute approximate surface area is 147 Å². The number of aromatic nitrogens is 2. The minimum absolute atomic E-state index is 0.175. The number of nitrogens with zero attached hydrogens (tertiary/aromatic N) is 3. The van der Waals surface area contributed by atoms with E-state index in [0.29, 0.717) is 12.2 Å². The lowest BCUT2D eigenvalue weighted by molar-refractivity contribution is 0.0948. The van der Waals surface area contributed by atoms with Crippen molar-refractivity contribution in [1.82, 2.24) is 15.3 Å². The Morgan fingerprint density at radius 3 is 2.60 bits per heavy atom. The third-order valence-corrected chi connectivity index (χ3v) is 4.26. The molecule has 0 radical (unpaired) electrons. The van der Waals surface area contributed by atoms with Gasteiger partial charge in [0.1, 0.15) is 11.5 Å². The van der Waals surface area contributed by atoms with Crippen molar-refractivity contribution in [3.05, 3.63) is 66.1 Å². The molecule has 0 aliphatic heterocycles. The molecule has 0 spiro atoms. The zero-order valence-electron chi connectivity index (χ0n) is 14.6. The summed E-state index contributed by atoms with van der Waals surface area (Å²) in [6, 6.07) is 13.6. The summed E-state index contributed by atoms with van der Waals surface area (Å²) in [7, 11) is 0. The monoisotopic (exact) mass is 334 g/mol. The van der Waals surface area contributed by atoms with Crippen LogP contribution in [0.1, 0.15) is 29.9 Å². The Balaban J connectivity index is 1.81. The van der Waals surface area contributed by atoms with Crippen molar-refractivity contribution < 1.29 is 4.79 Å². The number of rotatable bonds is 6. The van der Waals surface area contributed by atoms with Crippen molar-refractivity contribution in [1.29, 1.82) is 0 Å². The number of anilines is 1. The highest BCUT2D eigenvalue weighted by Crippen LogP contribution is 2.18. The molecule has 3 rings (SSSR count). The number of hydrogen-bond donors (Lipinski definition) is 1. The number of hydrogen-bond acceptors (Lipinski definition) is 4. The van der Waals surface area contributed by atoms with Crippen LogP contribution in [0.4, 0.5) is 5.82 Å². The summed E-state index contributed by atoms with van der Waals surface area (Å²) in [6.45, 7) is 6.36. The van der Waals surface area contributed by atoms with E-state index in [0.717, 1.165) is 35.2 Å². The molecule has 0 bridgehead atoms.